The van der Waals surface area contributed by atoms with Crippen LogP contribution in [0.1, 0.15) is 38.5 Å². The Labute approximate surface area is 133 Å². The Morgan fingerprint density at radius 2 is 2.19 bits per heavy atom. The molecule has 1 heterocycles. The Morgan fingerprint density at radius 3 is 2.81 bits per heavy atom. The van der Waals surface area contributed by atoms with Gasteiger partial charge in [-0.15, -0.1) is 12.4 Å². The molecule has 1 aliphatic carbocycles. The quantitative estimate of drug-likeness (QED) is 0.746. The van der Waals surface area contributed by atoms with Gasteiger partial charge in [-0.2, -0.15) is 0 Å². The summed E-state index contributed by atoms with van der Waals surface area (Å²) in [5.74, 6) is 0.136. The molecule has 1 saturated carbocycles. The number of ether oxygens (including phenoxy) is 2. The van der Waals surface area contributed by atoms with Gasteiger partial charge < -0.3 is 20.1 Å². The van der Waals surface area contributed by atoms with E-state index in [0.717, 1.165) is 32.7 Å². The normalized spacial score (nSPS) is 24.3. The fourth-order valence-corrected chi connectivity index (χ4v) is 3.29. The van der Waals surface area contributed by atoms with Crippen LogP contribution in [0.3, 0.4) is 0 Å². The van der Waals surface area contributed by atoms with E-state index in [-0.39, 0.29) is 29.8 Å². The van der Waals surface area contributed by atoms with Crippen LogP contribution in [0.2, 0.25) is 0 Å². The smallest absolute Gasteiger partial charge is 0.221 e. The molecule has 1 amide bonds. The molecule has 1 atom stereocenters. The van der Waals surface area contributed by atoms with Crippen LogP contribution in [0, 0.1) is 5.41 Å². The summed E-state index contributed by atoms with van der Waals surface area (Å²) in [6, 6.07) is 0.169. The van der Waals surface area contributed by atoms with Gasteiger partial charge in [-0.1, -0.05) is 12.8 Å². The lowest BCUT2D eigenvalue weighted by molar-refractivity contribution is -0.122. The van der Waals surface area contributed by atoms with E-state index in [9.17, 15) is 4.79 Å². The van der Waals surface area contributed by atoms with Gasteiger partial charge in [0.1, 0.15) is 0 Å². The molecule has 2 aliphatic rings. The van der Waals surface area contributed by atoms with E-state index >= 15 is 0 Å². The van der Waals surface area contributed by atoms with Crippen molar-refractivity contribution in [3.05, 3.63) is 0 Å². The molecule has 0 bridgehead atoms. The second-order valence-electron chi connectivity index (χ2n) is 6.16. The summed E-state index contributed by atoms with van der Waals surface area (Å²) in [6.07, 6.45) is 6.53. The van der Waals surface area contributed by atoms with Crippen molar-refractivity contribution in [2.75, 3.05) is 40.0 Å². The van der Waals surface area contributed by atoms with Crippen molar-refractivity contribution in [3.63, 3.8) is 0 Å². The molecule has 2 N–H and O–H groups in total. The first kappa shape index (κ1) is 18.7. The summed E-state index contributed by atoms with van der Waals surface area (Å²) in [6.45, 7) is 3.81. The van der Waals surface area contributed by atoms with Gasteiger partial charge in [0.25, 0.3) is 0 Å². The highest BCUT2D eigenvalue weighted by molar-refractivity contribution is 5.85. The Balaban J connectivity index is 0.00000220. The van der Waals surface area contributed by atoms with Crippen LogP contribution in [-0.4, -0.2) is 52.0 Å². The topological polar surface area (TPSA) is 59.6 Å². The molecular weight excluding hydrogens is 292 g/mol. The van der Waals surface area contributed by atoms with Crippen molar-refractivity contribution in [1.29, 1.82) is 0 Å². The van der Waals surface area contributed by atoms with E-state index in [4.69, 9.17) is 9.47 Å². The fourth-order valence-electron chi connectivity index (χ4n) is 3.29. The molecule has 2 fully saturated rings. The summed E-state index contributed by atoms with van der Waals surface area (Å²) in [7, 11) is 1.75. The van der Waals surface area contributed by atoms with Gasteiger partial charge in [-0.25, -0.2) is 0 Å². The van der Waals surface area contributed by atoms with Gasteiger partial charge in [-0.05, 0) is 24.7 Å². The summed E-state index contributed by atoms with van der Waals surface area (Å²) < 4.78 is 10.6. The number of morpholine rings is 1. The molecule has 21 heavy (non-hydrogen) atoms. The zero-order valence-electron chi connectivity index (χ0n) is 13.0. The van der Waals surface area contributed by atoms with Crippen LogP contribution >= 0.6 is 12.4 Å². The van der Waals surface area contributed by atoms with E-state index in [0.29, 0.717) is 13.0 Å². The minimum absolute atomic E-state index is 0. The van der Waals surface area contributed by atoms with Crippen molar-refractivity contribution >= 4 is 18.3 Å². The van der Waals surface area contributed by atoms with Crippen molar-refractivity contribution < 1.29 is 14.3 Å². The highest BCUT2D eigenvalue weighted by atomic mass is 35.5. The number of carbonyl (C=O) groups is 1. The van der Waals surface area contributed by atoms with E-state index in [2.05, 4.69) is 10.6 Å². The van der Waals surface area contributed by atoms with Gasteiger partial charge in [0.15, 0.2) is 0 Å². The molecule has 1 unspecified atom stereocenters. The van der Waals surface area contributed by atoms with E-state index in [1.54, 1.807) is 7.11 Å². The number of halogens is 1. The molecule has 5 nitrogen and oxygen atoms in total. The summed E-state index contributed by atoms with van der Waals surface area (Å²) in [4.78, 5) is 12.0. The summed E-state index contributed by atoms with van der Waals surface area (Å²) >= 11 is 0. The third-order valence-electron chi connectivity index (χ3n) is 4.59. The molecule has 0 aromatic carbocycles. The highest BCUT2D eigenvalue weighted by Crippen LogP contribution is 2.40. The molecule has 124 valence electrons. The Morgan fingerprint density at radius 1 is 1.43 bits per heavy atom. The monoisotopic (exact) mass is 320 g/mol. The minimum Gasteiger partial charge on any atom is -0.385 e. The average molecular weight is 321 g/mol. The van der Waals surface area contributed by atoms with Crippen LogP contribution in [0.25, 0.3) is 0 Å². The van der Waals surface area contributed by atoms with Crippen molar-refractivity contribution in [2.45, 2.75) is 44.6 Å². The van der Waals surface area contributed by atoms with E-state index < -0.39 is 0 Å². The third-order valence-corrected chi connectivity index (χ3v) is 4.59. The first-order chi connectivity index (χ1) is 9.74. The lowest BCUT2D eigenvalue weighted by Gasteiger charge is -2.30. The van der Waals surface area contributed by atoms with Crippen LogP contribution in [0.4, 0.5) is 0 Å². The molecule has 1 saturated heterocycles. The fraction of sp³-hybridized carbons (Fsp3) is 0.933. The molecule has 0 radical (unpaired) electrons. The number of hydrogen-bond donors (Lipinski definition) is 2. The molecule has 0 aromatic heterocycles. The number of methoxy groups -OCH3 is 1. The first-order valence-corrected chi connectivity index (χ1v) is 7.81. The maximum Gasteiger partial charge on any atom is 0.221 e. The number of rotatable bonds is 7. The second kappa shape index (κ2) is 9.62. The molecule has 2 rings (SSSR count). The van der Waals surface area contributed by atoms with Gasteiger partial charge in [0.05, 0.1) is 13.2 Å². The van der Waals surface area contributed by atoms with Crippen LogP contribution < -0.4 is 10.6 Å². The zero-order chi connectivity index (χ0) is 14.3. The Bertz CT molecular complexity index is 303. The lowest BCUT2D eigenvalue weighted by Crippen LogP contribution is -2.45. The zero-order valence-corrected chi connectivity index (χ0v) is 13.8. The molecule has 1 aliphatic heterocycles. The van der Waals surface area contributed by atoms with Crippen LogP contribution in [-0.2, 0) is 14.3 Å². The standard InChI is InChI=1S/C15H28N2O3.ClH/c1-19-8-6-15(4-2-3-5-15)12-17-14(18)10-13-11-20-9-7-16-13;/h13,16H,2-12H2,1H3,(H,17,18);1H. The third kappa shape index (κ3) is 6.10. The van der Waals surface area contributed by atoms with Crippen molar-refractivity contribution in [2.24, 2.45) is 5.41 Å². The predicted molar refractivity (Wildman–Crippen MR) is 84.9 cm³/mol. The number of carbonyl (C=O) groups excluding carboxylic acids is 1. The summed E-state index contributed by atoms with van der Waals surface area (Å²) in [5.41, 5.74) is 0.266. The van der Waals surface area contributed by atoms with E-state index in [1.165, 1.54) is 25.7 Å². The number of nitrogens with one attached hydrogen (secondary N) is 2. The van der Waals surface area contributed by atoms with E-state index in [1.807, 2.05) is 0 Å². The maximum atomic E-state index is 12.0. The van der Waals surface area contributed by atoms with Crippen molar-refractivity contribution in [3.8, 4) is 0 Å². The Hall–Kier alpha value is -0.360. The SMILES string of the molecule is COCCC1(CNC(=O)CC2COCCN2)CCCC1.Cl. The number of hydrogen-bond acceptors (Lipinski definition) is 4. The maximum absolute atomic E-state index is 12.0. The second-order valence-corrected chi connectivity index (χ2v) is 6.16. The van der Waals surface area contributed by atoms with Crippen molar-refractivity contribution in [1.82, 2.24) is 10.6 Å². The van der Waals surface area contributed by atoms with Crippen LogP contribution in [0.15, 0.2) is 0 Å². The molecule has 6 heteroatoms. The molecular formula is C15H29ClN2O3. The average Bonchev–Trinajstić information content (AvgIpc) is 2.94. The predicted octanol–water partition coefficient (Wildman–Crippen LogP) is 1.50. The summed E-state index contributed by atoms with van der Waals surface area (Å²) in [5, 5.41) is 6.45. The molecule has 0 spiro atoms. The van der Waals surface area contributed by atoms with Gasteiger partial charge >= 0.3 is 0 Å². The lowest BCUT2D eigenvalue weighted by atomic mass is 9.83. The van der Waals surface area contributed by atoms with Crippen LogP contribution in [0.5, 0.6) is 0 Å². The highest BCUT2D eigenvalue weighted by Gasteiger charge is 2.33. The molecule has 0 aromatic rings. The van der Waals surface area contributed by atoms with Gasteiger partial charge in [-0.3, -0.25) is 4.79 Å². The van der Waals surface area contributed by atoms with Gasteiger partial charge in [0, 0.05) is 39.3 Å². The first-order valence-electron chi connectivity index (χ1n) is 7.81. The Kier molecular flexibility index (Phi) is 8.56. The number of amides is 1. The largest absolute Gasteiger partial charge is 0.385 e. The van der Waals surface area contributed by atoms with Gasteiger partial charge in [0.2, 0.25) is 5.91 Å². The minimum atomic E-state index is 0.